The molecule has 4 bridgehead atoms. The van der Waals surface area contributed by atoms with Crippen LogP contribution < -0.4 is 10.6 Å². The summed E-state index contributed by atoms with van der Waals surface area (Å²) in [4.78, 5) is 10.4. The van der Waals surface area contributed by atoms with E-state index in [0.717, 1.165) is 23.6 Å². The van der Waals surface area contributed by atoms with Crippen molar-refractivity contribution in [3.05, 3.63) is 28.3 Å². The van der Waals surface area contributed by atoms with Crippen molar-refractivity contribution in [1.29, 1.82) is 0 Å². The molecule has 0 aliphatic heterocycles. The Morgan fingerprint density at radius 2 is 1.72 bits per heavy atom. The van der Waals surface area contributed by atoms with Crippen LogP contribution in [0.1, 0.15) is 32.1 Å². The monoisotopic (exact) mass is 364 g/mol. The first-order valence-corrected chi connectivity index (χ1v) is 10.0. The molecule has 9 heteroatoms. The van der Waals surface area contributed by atoms with E-state index >= 15 is 0 Å². The molecular formula is C16H20N4O4S. The van der Waals surface area contributed by atoms with Crippen molar-refractivity contribution >= 4 is 27.1 Å². The van der Waals surface area contributed by atoms with Crippen LogP contribution >= 0.6 is 0 Å². The van der Waals surface area contributed by atoms with Crippen LogP contribution in [0.3, 0.4) is 0 Å². The van der Waals surface area contributed by atoms with Gasteiger partial charge in [0, 0.05) is 11.8 Å². The van der Waals surface area contributed by atoms with Crippen molar-refractivity contribution in [2.75, 3.05) is 5.43 Å². The Kier molecular flexibility index (Phi) is 3.80. The van der Waals surface area contributed by atoms with Crippen molar-refractivity contribution in [2.24, 2.45) is 33.9 Å². The molecule has 4 aliphatic rings. The SMILES string of the molecule is NS(=O)(=O)c1ccc(NN=C2C3CC4CC(C3)CC2C4)c([N+](=O)[O-])c1. The molecule has 0 unspecified atom stereocenters. The Morgan fingerprint density at radius 1 is 1.12 bits per heavy atom. The van der Waals surface area contributed by atoms with Gasteiger partial charge in [0.25, 0.3) is 5.69 Å². The second kappa shape index (κ2) is 5.77. The molecule has 4 aliphatic carbocycles. The maximum absolute atomic E-state index is 11.4. The number of nitrogens with two attached hydrogens (primary N) is 1. The number of anilines is 1. The van der Waals surface area contributed by atoms with Gasteiger partial charge in [-0.3, -0.25) is 15.5 Å². The first-order valence-electron chi connectivity index (χ1n) is 8.46. The van der Waals surface area contributed by atoms with Gasteiger partial charge in [0.2, 0.25) is 10.0 Å². The fraction of sp³-hybridized carbons (Fsp3) is 0.562. The van der Waals surface area contributed by atoms with Crippen LogP contribution in [-0.4, -0.2) is 19.1 Å². The van der Waals surface area contributed by atoms with Crippen LogP contribution in [-0.2, 0) is 10.0 Å². The van der Waals surface area contributed by atoms with Crippen LogP contribution in [0, 0.1) is 33.8 Å². The van der Waals surface area contributed by atoms with Gasteiger partial charge in [-0.1, -0.05) is 0 Å². The molecule has 5 rings (SSSR count). The molecule has 0 saturated heterocycles. The molecule has 0 amide bonds. The second-order valence-electron chi connectivity index (χ2n) is 7.43. The van der Waals surface area contributed by atoms with E-state index < -0.39 is 14.9 Å². The molecule has 0 heterocycles. The van der Waals surface area contributed by atoms with E-state index in [-0.39, 0.29) is 16.3 Å². The summed E-state index contributed by atoms with van der Waals surface area (Å²) in [5.74, 6) is 2.58. The fourth-order valence-electron chi connectivity index (χ4n) is 4.91. The predicted molar refractivity (Wildman–Crippen MR) is 92.6 cm³/mol. The molecule has 1 aromatic carbocycles. The molecule has 8 nitrogen and oxygen atoms in total. The zero-order chi connectivity index (χ0) is 17.8. The minimum atomic E-state index is -3.99. The number of nitrogens with zero attached hydrogens (tertiary/aromatic N) is 2. The summed E-state index contributed by atoms with van der Waals surface area (Å²) in [6.07, 6.45) is 6.01. The largest absolute Gasteiger partial charge is 0.295 e. The number of benzene rings is 1. The highest BCUT2D eigenvalue weighted by Gasteiger charge is 2.46. The Labute approximate surface area is 145 Å². The summed E-state index contributed by atoms with van der Waals surface area (Å²) < 4.78 is 22.8. The van der Waals surface area contributed by atoms with E-state index in [0.29, 0.717) is 11.8 Å². The van der Waals surface area contributed by atoms with E-state index in [9.17, 15) is 18.5 Å². The Morgan fingerprint density at radius 3 is 2.24 bits per heavy atom. The number of nitro benzene ring substituents is 1. The molecule has 0 aromatic heterocycles. The Bertz CT molecular complexity index is 835. The molecule has 4 fully saturated rings. The van der Waals surface area contributed by atoms with Crippen molar-refractivity contribution in [1.82, 2.24) is 0 Å². The quantitative estimate of drug-likeness (QED) is 0.626. The van der Waals surface area contributed by atoms with Crippen LogP contribution in [0.15, 0.2) is 28.2 Å². The maximum atomic E-state index is 11.4. The summed E-state index contributed by atoms with van der Waals surface area (Å²) in [7, 11) is -3.99. The number of primary sulfonamides is 1. The van der Waals surface area contributed by atoms with Crippen LogP contribution in [0.2, 0.25) is 0 Å². The smallest absolute Gasteiger partial charge is 0.272 e. The summed E-state index contributed by atoms with van der Waals surface area (Å²) in [5, 5.41) is 20.8. The third kappa shape index (κ3) is 3.02. The number of hydrogen-bond donors (Lipinski definition) is 2. The minimum absolute atomic E-state index is 0.179. The van der Waals surface area contributed by atoms with Gasteiger partial charge in [-0.05, 0) is 67.9 Å². The number of sulfonamides is 1. The predicted octanol–water partition coefficient (Wildman–Crippen LogP) is 2.47. The number of rotatable bonds is 4. The molecule has 25 heavy (non-hydrogen) atoms. The highest BCUT2D eigenvalue weighted by Crippen LogP contribution is 2.52. The number of nitro groups is 1. The van der Waals surface area contributed by atoms with Gasteiger partial charge >= 0.3 is 0 Å². The van der Waals surface area contributed by atoms with Gasteiger partial charge in [-0.25, -0.2) is 13.6 Å². The van der Waals surface area contributed by atoms with Crippen molar-refractivity contribution in [3.8, 4) is 0 Å². The summed E-state index contributed by atoms with van der Waals surface area (Å²) in [6, 6.07) is 3.56. The highest BCUT2D eigenvalue weighted by molar-refractivity contribution is 7.89. The van der Waals surface area contributed by atoms with E-state index in [1.165, 1.54) is 44.2 Å². The topological polar surface area (TPSA) is 128 Å². The molecule has 0 atom stereocenters. The summed E-state index contributed by atoms with van der Waals surface area (Å²) in [5.41, 5.74) is 3.77. The first kappa shape index (κ1) is 16.5. The lowest BCUT2D eigenvalue weighted by Crippen LogP contribution is -2.45. The third-order valence-corrected chi connectivity index (χ3v) is 6.69. The number of nitrogens with one attached hydrogen (secondary N) is 1. The van der Waals surface area contributed by atoms with Crippen molar-refractivity contribution in [2.45, 2.75) is 37.0 Å². The molecule has 1 aromatic rings. The molecule has 0 radical (unpaired) electrons. The average Bonchev–Trinajstić information content (AvgIpc) is 2.52. The third-order valence-electron chi connectivity index (χ3n) is 5.77. The minimum Gasteiger partial charge on any atom is -0.272 e. The zero-order valence-electron chi connectivity index (χ0n) is 13.6. The summed E-state index contributed by atoms with van der Waals surface area (Å²) in [6.45, 7) is 0. The van der Waals surface area contributed by atoms with Gasteiger partial charge in [0.05, 0.1) is 9.82 Å². The highest BCUT2D eigenvalue weighted by atomic mass is 32.2. The Hall–Kier alpha value is -2.00. The zero-order valence-corrected chi connectivity index (χ0v) is 14.4. The summed E-state index contributed by atoms with van der Waals surface area (Å²) >= 11 is 0. The Balaban J connectivity index is 1.62. The average molecular weight is 364 g/mol. The molecule has 0 spiro atoms. The molecule has 4 saturated carbocycles. The van der Waals surface area contributed by atoms with Gasteiger partial charge in [0.15, 0.2) is 0 Å². The van der Waals surface area contributed by atoms with Gasteiger partial charge in [0.1, 0.15) is 5.69 Å². The fourth-order valence-corrected chi connectivity index (χ4v) is 5.44. The van der Waals surface area contributed by atoms with E-state index in [1.807, 2.05) is 0 Å². The van der Waals surface area contributed by atoms with Gasteiger partial charge < -0.3 is 0 Å². The van der Waals surface area contributed by atoms with Crippen molar-refractivity contribution < 1.29 is 13.3 Å². The molecular weight excluding hydrogens is 344 g/mol. The van der Waals surface area contributed by atoms with E-state index in [1.54, 1.807) is 0 Å². The van der Waals surface area contributed by atoms with Crippen LogP contribution in [0.25, 0.3) is 0 Å². The first-order chi connectivity index (χ1) is 11.8. The maximum Gasteiger partial charge on any atom is 0.295 e. The lowest BCUT2D eigenvalue weighted by molar-refractivity contribution is -0.384. The van der Waals surface area contributed by atoms with Crippen molar-refractivity contribution in [3.63, 3.8) is 0 Å². The number of hydrazone groups is 1. The van der Waals surface area contributed by atoms with Crippen LogP contribution in [0.5, 0.6) is 0 Å². The van der Waals surface area contributed by atoms with Gasteiger partial charge in [-0.2, -0.15) is 5.10 Å². The lowest BCUT2D eigenvalue weighted by Gasteiger charge is -2.50. The number of hydrogen-bond acceptors (Lipinski definition) is 6. The normalized spacial score (nSPS) is 30.4. The van der Waals surface area contributed by atoms with E-state index in [4.69, 9.17) is 5.14 Å². The van der Waals surface area contributed by atoms with Gasteiger partial charge in [-0.15, -0.1) is 0 Å². The van der Waals surface area contributed by atoms with E-state index in [2.05, 4.69) is 10.5 Å². The van der Waals surface area contributed by atoms with Crippen LogP contribution in [0.4, 0.5) is 11.4 Å². The standard InChI is InChI=1S/C16H20N4O4S/c17-25(23,24)13-1-2-14(15(8-13)20(21)22)18-19-16-11-4-9-3-10(6-11)7-12(16)5-9/h1-2,8-12,18H,3-7H2,(H2,17,23,24). The lowest BCUT2D eigenvalue weighted by atomic mass is 9.55. The molecule has 134 valence electrons. The second-order valence-corrected chi connectivity index (χ2v) is 9.00. The molecule has 3 N–H and O–H groups in total.